The smallest absolute Gasteiger partial charge is 0.276 e. The number of likely N-dealkylation sites (tertiary alicyclic amines) is 1. The van der Waals surface area contributed by atoms with Crippen molar-refractivity contribution < 1.29 is 4.79 Å². The molecule has 1 saturated carbocycles. The lowest BCUT2D eigenvalue weighted by Crippen LogP contribution is -2.45. The number of hydrogen-bond acceptors (Lipinski definition) is 6. The number of nitrogens with two attached hydrogens (primary N) is 2. The van der Waals surface area contributed by atoms with Gasteiger partial charge in [0.2, 0.25) is 0 Å². The van der Waals surface area contributed by atoms with E-state index in [0.717, 1.165) is 26.2 Å². The minimum Gasteiger partial charge on any atom is -0.397 e. The van der Waals surface area contributed by atoms with Crippen LogP contribution in [0.4, 0.5) is 0 Å². The van der Waals surface area contributed by atoms with Crippen molar-refractivity contribution in [3.8, 4) is 0 Å². The van der Waals surface area contributed by atoms with E-state index in [9.17, 15) is 4.79 Å². The number of nitrogens with one attached hydrogen (secondary N) is 1. The van der Waals surface area contributed by atoms with Crippen LogP contribution in [0.15, 0.2) is 35.9 Å². The Morgan fingerprint density at radius 1 is 1.03 bits per heavy atom. The predicted molar refractivity (Wildman–Crippen MR) is 137 cm³/mol. The number of hydrazine groups is 1. The summed E-state index contributed by atoms with van der Waals surface area (Å²) in [5.41, 5.74) is 7.30. The van der Waals surface area contributed by atoms with E-state index in [1.807, 2.05) is 20.8 Å². The fourth-order valence-corrected chi connectivity index (χ4v) is 4.82. The summed E-state index contributed by atoms with van der Waals surface area (Å²) in [6, 6.07) is 0. The number of nitrogens with zero attached hydrogens (tertiary/aromatic N) is 3. The van der Waals surface area contributed by atoms with E-state index in [1.54, 1.807) is 7.05 Å². The van der Waals surface area contributed by atoms with E-state index in [0.29, 0.717) is 28.9 Å². The van der Waals surface area contributed by atoms with Crippen molar-refractivity contribution in [3.63, 3.8) is 0 Å². The molecule has 1 aliphatic heterocycles. The molecule has 0 aromatic rings. The van der Waals surface area contributed by atoms with Gasteiger partial charge in [-0.1, -0.05) is 53.2 Å². The first-order chi connectivity index (χ1) is 15.4. The van der Waals surface area contributed by atoms with E-state index < -0.39 is 0 Å². The van der Waals surface area contributed by atoms with Gasteiger partial charge in [0.25, 0.3) is 5.91 Å². The monoisotopic (exact) mass is 460 g/mol. The first kappa shape index (κ1) is 27.3. The molecule has 2 fully saturated rings. The highest BCUT2D eigenvalue weighted by Crippen LogP contribution is 2.30. The van der Waals surface area contributed by atoms with Gasteiger partial charge in [-0.3, -0.25) is 4.79 Å². The van der Waals surface area contributed by atoms with Crippen molar-refractivity contribution in [2.24, 2.45) is 28.8 Å². The van der Waals surface area contributed by atoms with Gasteiger partial charge < -0.3 is 25.9 Å². The summed E-state index contributed by atoms with van der Waals surface area (Å²) >= 11 is 0. The Bertz CT molecular complexity index is 722. The number of allylic oxidation sites excluding steroid dienone is 1. The molecule has 188 valence electrons. The summed E-state index contributed by atoms with van der Waals surface area (Å²) in [7, 11) is 3.81. The maximum atomic E-state index is 13.3. The maximum Gasteiger partial charge on any atom is 0.276 e. The van der Waals surface area contributed by atoms with Gasteiger partial charge in [0, 0.05) is 20.1 Å². The van der Waals surface area contributed by atoms with E-state index >= 15 is 0 Å². The van der Waals surface area contributed by atoms with Crippen LogP contribution < -0.4 is 16.9 Å². The van der Waals surface area contributed by atoms with Crippen LogP contribution in [-0.4, -0.2) is 61.0 Å². The molecule has 7 nitrogen and oxygen atoms in total. The zero-order valence-corrected chi connectivity index (χ0v) is 21.8. The molecule has 1 heterocycles. The average Bonchev–Trinajstić information content (AvgIpc) is 2.74. The lowest BCUT2D eigenvalue weighted by molar-refractivity contribution is -0.118. The number of hydrogen-bond donors (Lipinski definition) is 3. The molecule has 7 heteroatoms. The van der Waals surface area contributed by atoms with E-state index in [-0.39, 0.29) is 17.0 Å². The molecule has 5 N–H and O–H groups in total. The first-order valence-corrected chi connectivity index (χ1v) is 12.5. The molecule has 1 amide bonds. The first-order valence-electron chi connectivity index (χ1n) is 12.5. The molecular formula is C26H48N6O. The molecule has 0 bridgehead atoms. The van der Waals surface area contributed by atoms with Crippen LogP contribution in [0, 0.1) is 17.3 Å². The highest BCUT2D eigenvalue weighted by atomic mass is 16.2. The minimum atomic E-state index is -0.343. The molecule has 0 radical (unpaired) electrons. The number of likely N-dealkylation sites (N-methyl/N-ethyl adjacent to an activating group) is 1. The van der Waals surface area contributed by atoms with Gasteiger partial charge in [-0.15, -0.1) is 0 Å². The summed E-state index contributed by atoms with van der Waals surface area (Å²) in [6.07, 6.45) is 8.77. The van der Waals surface area contributed by atoms with Gasteiger partial charge in [0.05, 0.1) is 5.70 Å². The SMILES string of the molecule is C=C(NC(=O)/C(=C(\N)C(=C)C(C)(C)C)N(C)N)N(CC1CCCCC1)CC1CCN(C)CC1. The second-order valence-corrected chi connectivity index (χ2v) is 11.2. The Hall–Kier alpha value is -1.99. The molecule has 0 aromatic carbocycles. The van der Waals surface area contributed by atoms with Gasteiger partial charge in [0.15, 0.2) is 0 Å². The molecule has 1 saturated heterocycles. The summed E-state index contributed by atoms with van der Waals surface area (Å²) in [6.45, 7) is 18.5. The highest BCUT2D eigenvalue weighted by molar-refractivity contribution is 5.95. The third-order valence-corrected chi connectivity index (χ3v) is 7.21. The van der Waals surface area contributed by atoms with Gasteiger partial charge in [-0.05, 0) is 68.6 Å². The molecule has 2 rings (SSSR count). The van der Waals surface area contributed by atoms with E-state index in [2.05, 4.69) is 35.3 Å². The number of rotatable bonds is 9. The van der Waals surface area contributed by atoms with Crippen molar-refractivity contribution in [2.75, 3.05) is 40.3 Å². The van der Waals surface area contributed by atoms with E-state index in [4.69, 9.17) is 11.6 Å². The topological polar surface area (TPSA) is 90.9 Å². The molecule has 2 aliphatic rings. The Morgan fingerprint density at radius 2 is 1.55 bits per heavy atom. The lowest BCUT2D eigenvalue weighted by atomic mass is 9.85. The van der Waals surface area contributed by atoms with Crippen molar-refractivity contribution in [1.29, 1.82) is 0 Å². The van der Waals surface area contributed by atoms with Crippen molar-refractivity contribution in [2.45, 2.75) is 65.7 Å². The van der Waals surface area contributed by atoms with Gasteiger partial charge in [-0.2, -0.15) is 0 Å². The quantitative estimate of drug-likeness (QED) is 0.211. The summed E-state index contributed by atoms with van der Waals surface area (Å²) in [5.74, 6) is 7.58. The largest absolute Gasteiger partial charge is 0.397 e. The van der Waals surface area contributed by atoms with Gasteiger partial charge in [0.1, 0.15) is 11.5 Å². The van der Waals surface area contributed by atoms with Crippen molar-refractivity contribution in [1.82, 2.24) is 20.1 Å². The second kappa shape index (κ2) is 11.9. The normalized spacial score (nSPS) is 19.6. The second-order valence-electron chi connectivity index (χ2n) is 11.2. The molecule has 0 unspecified atom stereocenters. The Morgan fingerprint density at radius 3 is 2.03 bits per heavy atom. The van der Waals surface area contributed by atoms with Gasteiger partial charge in [-0.25, -0.2) is 5.84 Å². The minimum absolute atomic E-state index is 0.216. The number of amides is 1. The van der Waals surface area contributed by atoms with E-state index in [1.165, 1.54) is 50.0 Å². The number of carbonyl (C=O) groups is 1. The zero-order valence-electron chi connectivity index (χ0n) is 21.8. The Labute approximate surface area is 201 Å². The third kappa shape index (κ3) is 8.07. The fraction of sp³-hybridized carbons (Fsp3) is 0.731. The maximum absolute atomic E-state index is 13.3. The number of piperidine rings is 1. The summed E-state index contributed by atoms with van der Waals surface area (Å²) in [5, 5.41) is 4.29. The molecular weight excluding hydrogens is 412 g/mol. The van der Waals surface area contributed by atoms with Crippen molar-refractivity contribution >= 4 is 5.91 Å². The van der Waals surface area contributed by atoms with Crippen LogP contribution in [0.3, 0.4) is 0 Å². The van der Waals surface area contributed by atoms with Crippen LogP contribution in [0.5, 0.6) is 0 Å². The fourth-order valence-electron chi connectivity index (χ4n) is 4.82. The van der Waals surface area contributed by atoms with Crippen LogP contribution >= 0.6 is 0 Å². The number of carbonyl (C=O) groups excluding carboxylic acids is 1. The molecule has 33 heavy (non-hydrogen) atoms. The average molecular weight is 461 g/mol. The molecule has 0 atom stereocenters. The van der Waals surface area contributed by atoms with Crippen LogP contribution in [0.25, 0.3) is 0 Å². The summed E-state index contributed by atoms with van der Waals surface area (Å²) in [4.78, 5) is 18.0. The third-order valence-electron chi connectivity index (χ3n) is 7.21. The standard InChI is InChI=1S/C26H48N6O/c1-19(26(3,4)5)23(27)24(31(7)28)25(33)29-20(2)32(17-21-11-9-8-10-12-21)18-22-13-15-30(6)16-14-22/h21-22H,1-2,8-18,27-28H2,3-7H3,(H,29,33)/b24-23+. The summed E-state index contributed by atoms with van der Waals surface area (Å²) < 4.78 is 0. The highest BCUT2D eigenvalue weighted by Gasteiger charge is 2.27. The molecule has 1 aliphatic carbocycles. The van der Waals surface area contributed by atoms with Crippen molar-refractivity contribution in [3.05, 3.63) is 35.9 Å². The van der Waals surface area contributed by atoms with Crippen LogP contribution in [0.2, 0.25) is 0 Å². The lowest BCUT2D eigenvalue weighted by Gasteiger charge is -2.37. The Balaban J connectivity index is 2.17. The van der Waals surface area contributed by atoms with Crippen LogP contribution in [-0.2, 0) is 4.79 Å². The molecule has 0 aromatic heterocycles. The zero-order chi connectivity index (χ0) is 24.8. The molecule has 0 spiro atoms. The Kier molecular flexibility index (Phi) is 9.85. The van der Waals surface area contributed by atoms with Crippen LogP contribution in [0.1, 0.15) is 65.7 Å². The van der Waals surface area contributed by atoms with Gasteiger partial charge >= 0.3 is 0 Å². The predicted octanol–water partition coefficient (Wildman–Crippen LogP) is 3.38.